The van der Waals surface area contributed by atoms with Gasteiger partial charge >= 0.3 is 0 Å². The molecule has 1 saturated carbocycles. The lowest BCUT2D eigenvalue weighted by atomic mass is 10.1. The van der Waals surface area contributed by atoms with Gasteiger partial charge in [-0.25, -0.2) is 0 Å². The molecule has 17 heavy (non-hydrogen) atoms. The molecule has 1 amide bonds. The van der Waals surface area contributed by atoms with Gasteiger partial charge in [0, 0.05) is 24.0 Å². The molecule has 4 heteroatoms. The second-order valence-electron chi connectivity index (χ2n) is 4.48. The van der Waals surface area contributed by atoms with E-state index in [0.29, 0.717) is 23.8 Å². The largest absolute Gasteiger partial charge is 0.399 e. The van der Waals surface area contributed by atoms with E-state index in [0.717, 1.165) is 12.1 Å². The molecule has 0 aromatic heterocycles. The van der Waals surface area contributed by atoms with Crippen LogP contribution in [0.3, 0.4) is 0 Å². The van der Waals surface area contributed by atoms with E-state index >= 15 is 0 Å². The molecular formula is C13H19N3O. The molecule has 1 aromatic carbocycles. The number of benzene rings is 1. The summed E-state index contributed by atoms with van der Waals surface area (Å²) in [5.41, 5.74) is 7.88. The molecule has 0 atom stereocenters. The third-order valence-electron chi connectivity index (χ3n) is 2.76. The Bertz CT molecular complexity index is 413. The van der Waals surface area contributed by atoms with Crippen LogP contribution in [0.15, 0.2) is 18.2 Å². The fourth-order valence-corrected chi connectivity index (χ4v) is 1.66. The molecule has 4 N–H and O–H groups in total. The van der Waals surface area contributed by atoms with Gasteiger partial charge in [0.2, 0.25) is 0 Å². The molecule has 92 valence electrons. The number of rotatable bonds is 5. The average Bonchev–Trinajstić information content (AvgIpc) is 3.12. The summed E-state index contributed by atoms with van der Waals surface area (Å²) in [4.78, 5) is 12.0. The van der Waals surface area contributed by atoms with Crippen molar-refractivity contribution in [1.29, 1.82) is 0 Å². The molecule has 1 aliphatic carbocycles. The van der Waals surface area contributed by atoms with Gasteiger partial charge in [0.1, 0.15) is 0 Å². The molecule has 1 fully saturated rings. The van der Waals surface area contributed by atoms with Crippen molar-refractivity contribution in [1.82, 2.24) is 5.32 Å². The Kier molecular flexibility index (Phi) is 3.52. The van der Waals surface area contributed by atoms with Gasteiger partial charge in [-0.1, -0.05) is 6.92 Å². The monoisotopic (exact) mass is 233 g/mol. The average molecular weight is 233 g/mol. The third-order valence-corrected chi connectivity index (χ3v) is 2.76. The van der Waals surface area contributed by atoms with E-state index in [1.807, 2.05) is 19.1 Å². The number of nitrogen functional groups attached to an aromatic ring is 1. The highest BCUT2D eigenvalue weighted by molar-refractivity contribution is 6.00. The second-order valence-corrected chi connectivity index (χ2v) is 4.48. The highest BCUT2D eigenvalue weighted by Crippen LogP contribution is 2.27. The normalized spacial score (nSPS) is 14.4. The first-order chi connectivity index (χ1) is 8.20. The molecule has 0 radical (unpaired) electrons. The first-order valence-electron chi connectivity index (χ1n) is 6.15. The number of anilines is 2. The lowest BCUT2D eigenvalue weighted by molar-refractivity contribution is 0.0954. The zero-order valence-corrected chi connectivity index (χ0v) is 10.1. The van der Waals surface area contributed by atoms with Crippen LogP contribution >= 0.6 is 0 Å². The first-order valence-corrected chi connectivity index (χ1v) is 6.15. The molecule has 0 bridgehead atoms. The van der Waals surface area contributed by atoms with Crippen molar-refractivity contribution in [3.05, 3.63) is 23.8 Å². The first kappa shape index (κ1) is 11.8. The van der Waals surface area contributed by atoms with Gasteiger partial charge in [0.25, 0.3) is 5.91 Å². The molecule has 0 unspecified atom stereocenters. The van der Waals surface area contributed by atoms with Crippen LogP contribution < -0.4 is 16.4 Å². The summed E-state index contributed by atoms with van der Waals surface area (Å²) in [5, 5.41) is 6.23. The Labute approximate surface area is 102 Å². The fraction of sp³-hybridized carbons (Fsp3) is 0.462. The standard InChI is InChI=1S/C13H19N3O/c1-2-7-15-13(17)11-8-9(14)3-6-12(11)16-10-4-5-10/h3,6,8,10,16H,2,4-5,7,14H2,1H3,(H,15,17). The molecule has 1 aromatic rings. The lowest BCUT2D eigenvalue weighted by Gasteiger charge is -2.12. The fourth-order valence-electron chi connectivity index (χ4n) is 1.66. The highest BCUT2D eigenvalue weighted by Gasteiger charge is 2.23. The molecule has 0 spiro atoms. The van der Waals surface area contributed by atoms with Crippen molar-refractivity contribution in [2.75, 3.05) is 17.6 Å². The highest BCUT2D eigenvalue weighted by atomic mass is 16.1. The topological polar surface area (TPSA) is 67.2 Å². The minimum absolute atomic E-state index is 0.0534. The number of nitrogens with one attached hydrogen (secondary N) is 2. The summed E-state index contributed by atoms with van der Waals surface area (Å²) in [6.45, 7) is 2.72. The molecular weight excluding hydrogens is 214 g/mol. The van der Waals surface area contributed by atoms with E-state index in [2.05, 4.69) is 10.6 Å². The molecule has 0 saturated heterocycles. The van der Waals surface area contributed by atoms with Gasteiger partial charge in [-0.05, 0) is 37.5 Å². The van der Waals surface area contributed by atoms with Crippen LogP contribution in [0.5, 0.6) is 0 Å². The van der Waals surface area contributed by atoms with Gasteiger partial charge in [0.05, 0.1) is 5.56 Å². The number of carbonyl (C=O) groups excluding carboxylic acids is 1. The van der Waals surface area contributed by atoms with Gasteiger partial charge in [-0.15, -0.1) is 0 Å². The van der Waals surface area contributed by atoms with E-state index in [1.165, 1.54) is 12.8 Å². The Hall–Kier alpha value is -1.71. The van der Waals surface area contributed by atoms with Crippen molar-refractivity contribution in [2.24, 2.45) is 0 Å². The van der Waals surface area contributed by atoms with Gasteiger partial charge in [-0.2, -0.15) is 0 Å². The Morgan fingerprint density at radius 2 is 2.24 bits per heavy atom. The quantitative estimate of drug-likeness (QED) is 0.681. The van der Waals surface area contributed by atoms with Crippen molar-refractivity contribution in [2.45, 2.75) is 32.2 Å². The lowest BCUT2D eigenvalue weighted by Crippen LogP contribution is -2.25. The summed E-state index contributed by atoms with van der Waals surface area (Å²) in [6.07, 6.45) is 3.29. The summed E-state index contributed by atoms with van der Waals surface area (Å²) in [6, 6.07) is 5.96. The zero-order valence-electron chi connectivity index (χ0n) is 10.1. The second kappa shape index (κ2) is 5.08. The van der Waals surface area contributed by atoms with Crippen LogP contribution in [-0.2, 0) is 0 Å². The van der Waals surface area contributed by atoms with Gasteiger partial charge in [-0.3, -0.25) is 4.79 Å². The minimum atomic E-state index is -0.0534. The van der Waals surface area contributed by atoms with E-state index < -0.39 is 0 Å². The van der Waals surface area contributed by atoms with E-state index in [4.69, 9.17) is 5.73 Å². The number of amides is 1. The maximum absolute atomic E-state index is 12.0. The van der Waals surface area contributed by atoms with Gasteiger partial charge in [0.15, 0.2) is 0 Å². The van der Waals surface area contributed by atoms with Crippen LogP contribution in [0.1, 0.15) is 36.5 Å². The molecule has 0 heterocycles. The number of hydrogen-bond donors (Lipinski definition) is 3. The molecule has 1 aliphatic rings. The summed E-state index contributed by atoms with van der Waals surface area (Å²) in [7, 11) is 0. The van der Waals surface area contributed by atoms with Crippen LogP contribution in [-0.4, -0.2) is 18.5 Å². The number of carbonyl (C=O) groups is 1. The van der Waals surface area contributed by atoms with Crippen LogP contribution in [0.25, 0.3) is 0 Å². The summed E-state index contributed by atoms with van der Waals surface area (Å²) < 4.78 is 0. The molecule has 4 nitrogen and oxygen atoms in total. The maximum Gasteiger partial charge on any atom is 0.253 e. The predicted molar refractivity (Wildman–Crippen MR) is 70.1 cm³/mol. The molecule has 2 rings (SSSR count). The van der Waals surface area contributed by atoms with Gasteiger partial charge < -0.3 is 16.4 Å². The SMILES string of the molecule is CCCNC(=O)c1cc(N)ccc1NC1CC1. The summed E-state index contributed by atoms with van der Waals surface area (Å²) in [5.74, 6) is -0.0534. The predicted octanol–water partition coefficient (Wildman–Crippen LogP) is 1.98. The van der Waals surface area contributed by atoms with Crippen molar-refractivity contribution in [3.63, 3.8) is 0 Å². The van der Waals surface area contributed by atoms with E-state index in [9.17, 15) is 4.79 Å². The Balaban J connectivity index is 2.15. The Morgan fingerprint density at radius 3 is 2.88 bits per heavy atom. The van der Waals surface area contributed by atoms with Crippen LogP contribution in [0, 0.1) is 0 Å². The van der Waals surface area contributed by atoms with Crippen LogP contribution in [0.2, 0.25) is 0 Å². The third kappa shape index (κ3) is 3.12. The van der Waals surface area contributed by atoms with Crippen LogP contribution in [0.4, 0.5) is 11.4 Å². The van der Waals surface area contributed by atoms with E-state index in [1.54, 1.807) is 6.07 Å². The van der Waals surface area contributed by atoms with Crippen molar-refractivity contribution < 1.29 is 4.79 Å². The Morgan fingerprint density at radius 1 is 1.47 bits per heavy atom. The maximum atomic E-state index is 12.0. The minimum Gasteiger partial charge on any atom is -0.399 e. The number of hydrogen-bond acceptors (Lipinski definition) is 3. The van der Waals surface area contributed by atoms with Crippen molar-refractivity contribution >= 4 is 17.3 Å². The van der Waals surface area contributed by atoms with E-state index in [-0.39, 0.29) is 5.91 Å². The zero-order chi connectivity index (χ0) is 12.3. The smallest absolute Gasteiger partial charge is 0.253 e. The molecule has 0 aliphatic heterocycles. The number of nitrogens with two attached hydrogens (primary N) is 1. The van der Waals surface area contributed by atoms with Crippen molar-refractivity contribution in [3.8, 4) is 0 Å². The summed E-state index contributed by atoms with van der Waals surface area (Å²) >= 11 is 0.